The number of halogens is 1. The zero-order chi connectivity index (χ0) is 13.0. The van der Waals surface area contributed by atoms with Gasteiger partial charge < -0.3 is 4.74 Å². The molecule has 0 amide bonds. The average Bonchev–Trinajstić information content (AvgIpc) is 2.37. The molecule has 0 bridgehead atoms. The van der Waals surface area contributed by atoms with Crippen LogP contribution in [0.1, 0.15) is 15.9 Å². The Balaban J connectivity index is 2.03. The van der Waals surface area contributed by atoms with Crippen molar-refractivity contribution >= 4 is 18.6 Å². The second kappa shape index (κ2) is 5.69. The van der Waals surface area contributed by atoms with E-state index in [2.05, 4.69) is 12.6 Å². The first-order valence-corrected chi connectivity index (χ1v) is 5.81. The van der Waals surface area contributed by atoms with Crippen LogP contribution in [0.15, 0.2) is 53.4 Å². The zero-order valence-corrected chi connectivity index (χ0v) is 10.4. The lowest BCUT2D eigenvalue weighted by atomic mass is 10.2. The standard InChI is InChI=1S/C14H11FO2S/c15-13-7-2-1-4-11(13)9-17-14(16)10-5-3-6-12(18)8-10/h1-8,18H,9H2. The molecule has 0 radical (unpaired) electrons. The molecule has 0 aliphatic carbocycles. The molecule has 0 fully saturated rings. The van der Waals surface area contributed by atoms with Gasteiger partial charge in [-0.1, -0.05) is 24.3 Å². The maximum absolute atomic E-state index is 13.3. The summed E-state index contributed by atoms with van der Waals surface area (Å²) in [6.07, 6.45) is 0. The SMILES string of the molecule is O=C(OCc1ccccc1F)c1cccc(S)c1. The Bertz CT molecular complexity index is 569. The number of hydrogen-bond acceptors (Lipinski definition) is 3. The molecule has 92 valence electrons. The fraction of sp³-hybridized carbons (Fsp3) is 0.0714. The predicted octanol–water partition coefficient (Wildman–Crippen LogP) is 3.47. The van der Waals surface area contributed by atoms with Crippen molar-refractivity contribution < 1.29 is 13.9 Å². The highest BCUT2D eigenvalue weighted by Gasteiger charge is 2.09. The molecule has 0 aromatic heterocycles. The maximum atomic E-state index is 13.3. The molecule has 0 saturated carbocycles. The Morgan fingerprint density at radius 1 is 1.17 bits per heavy atom. The number of esters is 1. The quantitative estimate of drug-likeness (QED) is 0.677. The van der Waals surface area contributed by atoms with Gasteiger partial charge in [-0.05, 0) is 24.3 Å². The van der Waals surface area contributed by atoms with Crippen molar-refractivity contribution in [3.05, 3.63) is 65.5 Å². The average molecular weight is 262 g/mol. The van der Waals surface area contributed by atoms with Crippen LogP contribution in [0.5, 0.6) is 0 Å². The lowest BCUT2D eigenvalue weighted by Gasteiger charge is -2.06. The van der Waals surface area contributed by atoms with Crippen molar-refractivity contribution in [2.45, 2.75) is 11.5 Å². The summed E-state index contributed by atoms with van der Waals surface area (Å²) in [7, 11) is 0. The lowest BCUT2D eigenvalue weighted by Crippen LogP contribution is -2.06. The van der Waals surface area contributed by atoms with Crippen molar-refractivity contribution in [3.63, 3.8) is 0 Å². The molecule has 2 aromatic carbocycles. The first-order chi connectivity index (χ1) is 8.66. The van der Waals surface area contributed by atoms with E-state index in [1.165, 1.54) is 6.07 Å². The van der Waals surface area contributed by atoms with Gasteiger partial charge in [-0.15, -0.1) is 12.6 Å². The van der Waals surface area contributed by atoms with Crippen LogP contribution < -0.4 is 0 Å². The molecular weight excluding hydrogens is 251 g/mol. The molecule has 0 spiro atoms. The van der Waals surface area contributed by atoms with Gasteiger partial charge in [0.25, 0.3) is 0 Å². The van der Waals surface area contributed by atoms with E-state index in [0.717, 1.165) is 0 Å². The Kier molecular flexibility index (Phi) is 3.99. The van der Waals surface area contributed by atoms with Gasteiger partial charge in [-0.2, -0.15) is 0 Å². The summed E-state index contributed by atoms with van der Waals surface area (Å²) in [6.45, 7) is -0.0810. The molecular formula is C14H11FO2S. The van der Waals surface area contributed by atoms with Gasteiger partial charge in [0.05, 0.1) is 5.56 Å². The summed E-state index contributed by atoms with van der Waals surface area (Å²) in [5.41, 5.74) is 0.756. The topological polar surface area (TPSA) is 26.3 Å². The first kappa shape index (κ1) is 12.6. The van der Waals surface area contributed by atoms with Crippen LogP contribution in [0, 0.1) is 5.82 Å². The van der Waals surface area contributed by atoms with E-state index in [-0.39, 0.29) is 12.4 Å². The second-order valence-electron chi connectivity index (χ2n) is 3.72. The normalized spacial score (nSPS) is 10.1. The third-order valence-electron chi connectivity index (χ3n) is 2.40. The van der Waals surface area contributed by atoms with Crippen molar-refractivity contribution in [3.8, 4) is 0 Å². The number of ether oxygens (including phenoxy) is 1. The summed E-state index contributed by atoms with van der Waals surface area (Å²) in [5.74, 6) is -0.873. The van der Waals surface area contributed by atoms with E-state index in [9.17, 15) is 9.18 Å². The van der Waals surface area contributed by atoms with Crippen molar-refractivity contribution in [1.82, 2.24) is 0 Å². The Labute approximate surface area is 110 Å². The maximum Gasteiger partial charge on any atom is 0.338 e. The summed E-state index contributed by atoms with van der Waals surface area (Å²) in [6, 6.07) is 12.9. The van der Waals surface area contributed by atoms with E-state index >= 15 is 0 Å². The number of thiol groups is 1. The van der Waals surface area contributed by atoms with Crippen LogP contribution in [0.4, 0.5) is 4.39 Å². The predicted molar refractivity (Wildman–Crippen MR) is 69.2 cm³/mol. The fourth-order valence-electron chi connectivity index (χ4n) is 1.47. The van der Waals surface area contributed by atoms with Gasteiger partial charge in [-0.3, -0.25) is 0 Å². The monoisotopic (exact) mass is 262 g/mol. The van der Waals surface area contributed by atoms with Crippen LogP contribution in [0.3, 0.4) is 0 Å². The summed E-state index contributed by atoms with van der Waals surface area (Å²) < 4.78 is 18.3. The molecule has 2 aromatic rings. The Morgan fingerprint density at radius 2 is 1.94 bits per heavy atom. The van der Waals surface area contributed by atoms with Gasteiger partial charge in [-0.25, -0.2) is 9.18 Å². The Hall–Kier alpha value is -1.81. The largest absolute Gasteiger partial charge is 0.457 e. The minimum absolute atomic E-state index is 0.0810. The number of hydrogen-bond donors (Lipinski definition) is 1. The van der Waals surface area contributed by atoms with Crippen molar-refractivity contribution in [2.24, 2.45) is 0 Å². The molecule has 0 aliphatic rings. The summed E-state index contributed by atoms with van der Waals surface area (Å²) in [4.78, 5) is 12.4. The molecule has 0 saturated heterocycles. The van der Waals surface area contributed by atoms with E-state index < -0.39 is 5.97 Å². The minimum atomic E-state index is -0.492. The molecule has 0 aliphatic heterocycles. The fourth-order valence-corrected chi connectivity index (χ4v) is 1.70. The van der Waals surface area contributed by atoms with E-state index in [1.807, 2.05) is 0 Å². The highest BCUT2D eigenvalue weighted by Crippen LogP contribution is 2.12. The minimum Gasteiger partial charge on any atom is -0.457 e. The van der Waals surface area contributed by atoms with Crippen molar-refractivity contribution in [2.75, 3.05) is 0 Å². The van der Waals surface area contributed by atoms with Gasteiger partial charge in [0.15, 0.2) is 0 Å². The van der Waals surface area contributed by atoms with Crippen LogP contribution in [0.25, 0.3) is 0 Å². The zero-order valence-electron chi connectivity index (χ0n) is 9.47. The summed E-state index contributed by atoms with van der Waals surface area (Å²) >= 11 is 4.14. The molecule has 2 nitrogen and oxygen atoms in total. The summed E-state index contributed by atoms with van der Waals surface area (Å²) in [5, 5.41) is 0. The molecule has 2 rings (SSSR count). The molecule has 0 unspecified atom stereocenters. The number of carbonyl (C=O) groups is 1. The second-order valence-corrected chi connectivity index (χ2v) is 4.23. The first-order valence-electron chi connectivity index (χ1n) is 5.36. The van der Waals surface area contributed by atoms with Gasteiger partial charge in [0.2, 0.25) is 0 Å². The third-order valence-corrected chi connectivity index (χ3v) is 2.68. The highest BCUT2D eigenvalue weighted by molar-refractivity contribution is 7.80. The van der Waals surface area contributed by atoms with Crippen LogP contribution in [-0.2, 0) is 11.3 Å². The molecule has 18 heavy (non-hydrogen) atoms. The van der Waals surface area contributed by atoms with Crippen LogP contribution in [-0.4, -0.2) is 5.97 Å². The van der Waals surface area contributed by atoms with Crippen LogP contribution >= 0.6 is 12.6 Å². The van der Waals surface area contributed by atoms with Gasteiger partial charge in [0.1, 0.15) is 12.4 Å². The number of rotatable bonds is 3. The van der Waals surface area contributed by atoms with E-state index in [0.29, 0.717) is 16.0 Å². The van der Waals surface area contributed by atoms with Crippen molar-refractivity contribution in [1.29, 1.82) is 0 Å². The van der Waals surface area contributed by atoms with Gasteiger partial charge in [0, 0.05) is 10.5 Å². The van der Waals surface area contributed by atoms with E-state index in [1.54, 1.807) is 42.5 Å². The number of benzene rings is 2. The molecule has 4 heteroatoms. The van der Waals surface area contributed by atoms with E-state index in [4.69, 9.17) is 4.74 Å². The number of carbonyl (C=O) groups excluding carboxylic acids is 1. The lowest BCUT2D eigenvalue weighted by molar-refractivity contribution is 0.0468. The molecule has 0 atom stereocenters. The molecule has 0 heterocycles. The highest BCUT2D eigenvalue weighted by atomic mass is 32.1. The third kappa shape index (κ3) is 3.11. The Morgan fingerprint density at radius 3 is 2.67 bits per heavy atom. The van der Waals surface area contributed by atoms with Gasteiger partial charge >= 0.3 is 5.97 Å². The molecule has 0 N–H and O–H groups in total. The smallest absolute Gasteiger partial charge is 0.338 e. The van der Waals surface area contributed by atoms with Crippen LogP contribution in [0.2, 0.25) is 0 Å².